The average Bonchev–Trinajstić information content (AvgIpc) is 2.61. The normalized spacial score (nSPS) is 10.0. The zero-order valence-corrected chi connectivity index (χ0v) is 17.4. The minimum absolute atomic E-state index is 0.145. The van der Waals surface area contributed by atoms with Crippen LogP contribution in [0.4, 0.5) is 11.4 Å². The number of rotatable bonds is 6. The van der Waals surface area contributed by atoms with Crippen molar-refractivity contribution in [3.05, 3.63) is 52.5 Å². The molecular formula is C19H20BrN3O3S. The quantitative estimate of drug-likeness (QED) is 0.572. The first-order chi connectivity index (χ1) is 12.9. The highest BCUT2D eigenvalue weighted by Gasteiger charge is 2.15. The van der Waals surface area contributed by atoms with Crippen molar-refractivity contribution in [3.8, 4) is 5.75 Å². The maximum atomic E-state index is 12.6. The van der Waals surface area contributed by atoms with Crippen LogP contribution in [-0.2, 0) is 4.79 Å². The molecule has 0 aliphatic heterocycles. The third-order valence-corrected chi connectivity index (χ3v) is 4.04. The summed E-state index contributed by atoms with van der Waals surface area (Å²) < 4.78 is 6.39. The van der Waals surface area contributed by atoms with Crippen molar-refractivity contribution in [1.29, 1.82) is 0 Å². The smallest absolute Gasteiger partial charge is 0.261 e. The van der Waals surface area contributed by atoms with Crippen LogP contribution in [0.5, 0.6) is 5.75 Å². The number of anilines is 2. The largest absolute Gasteiger partial charge is 0.493 e. The summed E-state index contributed by atoms with van der Waals surface area (Å²) in [6.07, 6.45) is 0.839. The molecule has 0 aliphatic carbocycles. The third-order valence-electron chi connectivity index (χ3n) is 3.34. The van der Waals surface area contributed by atoms with E-state index in [4.69, 9.17) is 17.0 Å². The summed E-state index contributed by atoms with van der Waals surface area (Å²) in [5.41, 5.74) is 1.75. The minimum Gasteiger partial charge on any atom is -0.493 e. The van der Waals surface area contributed by atoms with E-state index >= 15 is 0 Å². The second kappa shape index (κ2) is 10.0. The number of benzene rings is 2. The molecule has 0 aliphatic rings. The van der Waals surface area contributed by atoms with E-state index in [1.54, 1.807) is 36.4 Å². The number of halogens is 1. The summed E-state index contributed by atoms with van der Waals surface area (Å²) in [5, 5.41) is 8.42. The Hall–Kier alpha value is -2.45. The van der Waals surface area contributed by atoms with Crippen LogP contribution in [-0.4, -0.2) is 23.5 Å². The van der Waals surface area contributed by atoms with Crippen molar-refractivity contribution in [1.82, 2.24) is 5.32 Å². The standard InChI is InChI=1S/C19H20BrN3O3S/c1-3-10-26-17-9-4-13(20)11-16(17)18(25)23-19(27)22-15-7-5-14(6-8-15)21-12(2)24/h4-9,11H,3,10H2,1-2H3,(H,21,24)(H2,22,23,25,27). The number of hydrogen-bond donors (Lipinski definition) is 3. The van der Waals surface area contributed by atoms with Crippen molar-refractivity contribution < 1.29 is 14.3 Å². The molecule has 0 spiro atoms. The van der Waals surface area contributed by atoms with Gasteiger partial charge in [0.25, 0.3) is 5.91 Å². The van der Waals surface area contributed by atoms with Crippen LogP contribution >= 0.6 is 28.1 Å². The molecule has 0 bridgehead atoms. The Labute approximate surface area is 171 Å². The van der Waals surface area contributed by atoms with Gasteiger partial charge in [0.15, 0.2) is 5.11 Å². The van der Waals surface area contributed by atoms with Gasteiger partial charge < -0.3 is 15.4 Å². The molecule has 0 aromatic heterocycles. The predicted octanol–water partition coefficient (Wildman–Crippen LogP) is 4.32. The van der Waals surface area contributed by atoms with Crippen molar-refractivity contribution in [3.63, 3.8) is 0 Å². The Bertz CT molecular complexity index is 841. The van der Waals surface area contributed by atoms with Crippen molar-refractivity contribution in [2.24, 2.45) is 0 Å². The average molecular weight is 450 g/mol. The Morgan fingerprint density at radius 3 is 2.30 bits per heavy atom. The number of ether oxygens (including phenoxy) is 1. The number of nitrogens with one attached hydrogen (secondary N) is 3. The Morgan fingerprint density at radius 2 is 1.70 bits per heavy atom. The van der Waals surface area contributed by atoms with E-state index in [1.165, 1.54) is 6.92 Å². The first kappa shape index (κ1) is 20.9. The van der Waals surface area contributed by atoms with Gasteiger partial charge in [0.05, 0.1) is 12.2 Å². The van der Waals surface area contributed by atoms with Crippen molar-refractivity contribution >= 4 is 56.4 Å². The molecule has 2 rings (SSSR count). The van der Waals surface area contributed by atoms with Crippen LogP contribution in [0.1, 0.15) is 30.6 Å². The number of amides is 2. The molecule has 2 aromatic rings. The molecule has 6 nitrogen and oxygen atoms in total. The molecule has 27 heavy (non-hydrogen) atoms. The van der Waals surface area contributed by atoms with E-state index in [9.17, 15) is 9.59 Å². The molecule has 0 fully saturated rings. The lowest BCUT2D eigenvalue weighted by atomic mass is 10.2. The molecular weight excluding hydrogens is 430 g/mol. The Morgan fingerprint density at radius 1 is 1.07 bits per heavy atom. The molecule has 0 saturated carbocycles. The predicted molar refractivity (Wildman–Crippen MR) is 114 cm³/mol. The summed E-state index contributed by atoms with van der Waals surface area (Å²) in [5.74, 6) is -0.0107. The van der Waals surface area contributed by atoms with Crippen LogP contribution in [0.2, 0.25) is 0 Å². The van der Waals surface area contributed by atoms with Gasteiger partial charge in [-0.05, 0) is 61.1 Å². The minimum atomic E-state index is -0.366. The highest BCUT2D eigenvalue weighted by atomic mass is 79.9. The zero-order chi connectivity index (χ0) is 19.8. The zero-order valence-electron chi connectivity index (χ0n) is 15.0. The first-order valence-electron chi connectivity index (χ1n) is 8.31. The van der Waals surface area contributed by atoms with E-state index in [0.717, 1.165) is 10.9 Å². The Kier molecular flexibility index (Phi) is 7.75. The van der Waals surface area contributed by atoms with Crippen LogP contribution in [0, 0.1) is 0 Å². The van der Waals surface area contributed by atoms with Gasteiger partial charge in [-0.3, -0.25) is 14.9 Å². The summed E-state index contributed by atoms with van der Waals surface area (Å²) in [6.45, 7) is 3.96. The van der Waals surface area contributed by atoms with E-state index in [1.807, 2.05) is 13.0 Å². The molecule has 0 saturated heterocycles. The van der Waals surface area contributed by atoms with Gasteiger partial charge in [-0.1, -0.05) is 22.9 Å². The molecule has 0 radical (unpaired) electrons. The Balaban J connectivity index is 2.02. The third kappa shape index (κ3) is 6.65. The molecule has 0 unspecified atom stereocenters. The lowest BCUT2D eigenvalue weighted by Gasteiger charge is -2.13. The number of thiocarbonyl (C=S) groups is 1. The van der Waals surface area contributed by atoms with E-state index < -0.39 is 0 Å². The first-order valence-corrected chi connectivity index (χ1v) is 9.51. The number of carbonyl (C=O) groups is 2. The van der Waals surface area contributed by atoms with Crippen LogP contribution < -0.4 is 20.7 Å². The molecule has 8 heteroatoms. The van der Waals surface area contributed by atoms with Gasteiger partial charge in [0.1, 0.15) is 5.75 Å². The maximum absolute atomic E-state index is 12.6. The number of carbonyl (C=O) groups excluding carboxylic acids is 2. The van der Waals surface area contributed by atoms with E-state index in [0.29, 0.717) is 29.3 Å². The molecule has 3 N–H and O–H groups in total. The van der Waals surface area contributed by atoms with E-state index in [-0.39, 0.29) is 16.9 Å². The maximum Gasteiger partial charge on any atom is 0.261 e. The molecule has 0 heterocycles. The van der Waals surface area contributed by atoms with Gasteiger partial charge in [0, 0.05) is 22.8 Å². The fraction of sp³-hybridized carbons (Fsp3) is 0.211. The molecule has 2 aromatic carbocycles. The molecule has 2 amide bonds. The molecule has 0 atom stereocenters. The van der Waals surface area contributed by atoms with Crippen molar-refractivity contribution in [2.75, 3.05) is 17.2 Å². The SMILES string of the molecule is CCCOc1ccc(Br)cc1C(=O)NC(=S)Nc1ccc(NC(C)=O)cc1. The lowest BCUT2D eigenvalue weighted by Crippen LogP contribution is -2.34. The molecule has 142 valence electrons. The van der Waals surface area contributed by atoms with Crippen LogP contribution in [0.25, 0.3) is 0 Å². The van der Waals surface area contributed by atoms with Gasteiger partial charge in [0.2, 0.25) is 5.91 Å². The lowest BCUT2D eigenvalue weighted by molar-refractivity contribution is -0.114. The summed E-state index contributed by atoms with van der Waals surface area (Å²) >= 11 is 8.58. The van der Waals surface area contributed by atoms with Gasteiger partial charge in [-0.2, -0.15) is 0 Å². The summed E-state index contributed by atoms with van der Waals surface area (Å²) in [4.78, 5) is 23.6. The van der Waals surface area contributed by atoms with E-state index in [2.05, 4.69) is 31.9 Å². The second-order valence-electron chi connectivity index (χ2n) is 5.66. The van der Waals surface area contributed by atoms with Crippen LogP contribution in [0.3, 0.4) is 0 Å². The second-order valence-corrected chi connectivity index (χ2v) is 6.98. The fourth-order valence-corrected chi connectivity index (χ4v) is 2.76. The van der Waals surface area contributed by atoms with Crippen LogP contribution in [0.15, 0.2) is 46.9 Å². The highest BCUT2D eigenvalue weighted by Crippen LogP contribution is 2.23. The van der Waals surface area contributed by atoms with Crippen molar-refractivity contribution in [2.45, 2.75) is 20.3 Å². The summed E-state index contributed by atoms with van der Waals surface area (Å²) in [6, 6.07) is 12.2. The highest BCUT2D eigenvalue weighted by molar-refractivity contribution is 9.10. The van der Waals surface area contributed by atoms with Gasteiger partial charge in [-0.25, -0.2) is 0 Å². The fourth-order valence-electron chi connectivity index (χ4n) is 2.19. The number of hydrogen-bond acceptors (Lipinski definition) is 4. The summed E-state index contributed by atoms with van der Waals surface area (Å²) in [7, 11) is 0. The topological polar surface area (TPSA) is 79.5 Å². The monoisotopic (exact) mass is 449 g/mol. The van der Waals surface area contributed by atoms with Gasteiger partial charge >= 0.3 is 0 Å². The van der Waals surface area contributed by atoms with Gasteiger partial charge in [-0.15, -0.1) is 0 Å².